The molecule has 6 heteroatoms. The van der Waals surface area contributed by atoms with E-state index < -0.39 is 12.0 Å². The van der Waals surface area contributed by atoms with Gasteiger partial charge in [-0.05, 0) is 18.2 Å². The van der Waals surface area contributed by atoms with E-state index in [4.69, 9.17) is 0 Å². The second-order valence-corrected chi connectivity index (χ2v) is 6.12. The van der Waals surface area contributed by atoms with Gasteiger partial charge in [-0.15, -0.1) is 0 Å². The van der Waals surface area contributed by atoms with Crippen LogP contribution >= 0.6 is 0 Å². The van der Waals surface area contributed by atoms with Crippen LogP contribution in [-0.2, 0) is 4.79 Å². The topological polar surface area (TPSA) is 86.5 Å². The van der Waals surface area contributed by atoms with E-state index in [0.717, 1.165) is 27.5 Å². The Morgan fingerprint density at radius 1 is 1.12 bits per heavy atom. The molecule has 25 heavy (non-hydrogen) atoms. The number of nitrogens with one attached hydrogen (secondary N) is 2. The first-order chi connectivity index (χ1) is 12.3. The summed E-state index contributed by atoms with van der Waals surface area (Å²) < 4.78 is 1.96. The standard InChI is InChI=1S/C19H13N5O/c20-9-12-17(13-10-21-14-6-2-1-5-11(13)14)24-16-8-4-3-7-15(16)22-19(24)23-18(12)25/h1-8,10,12,17,21H,(H,22,23,25)/t12-,17+/m1/s1. The van der Waals surface area contributed by atoms with E-state index in [1.807, 2.05) is 59.3 Å². The Morgan fingerprint density at radius 3 is 2.80 bits per heavy atom. The molecular weight excluding hydrogens is 314 g/mol. The summed E-state index contributed by atoms with van der Waals surface area (Å²) >= 11 is 0. The minimum absolute atomic E-state index is 0.319. The largest absolute Gasteiger partial charge is 0.361 e. The molecule has 1 aliphatic heterocycles. The lowest BCUT2D eigenvalue weighted by atomic mass is 9.91. The van der Waals surface area contributed by atoms with Crippen molar-refractivity contribution in [3.63, 3.8) is 0 Å². The van der Waals surface area contributed by atoms with Gasteiger partial charge in [-0.1, -0.05) is 30.3 Å². The normalized spacial score (nSPS) is 19.6. The van der Waals surface area contributed by atoms with Crippen molar-refractivity contribution in [2.45, 2.75) is 6.04 Å². The predicted octanol–water partition coefficient (Wildman–Crippen LogP) is 3.20. The summed E-state index contributed by atoms with van der Waals surface area (Å²) in [6.45, 7) is 0. The molecule has 0 saturated heterocycles. The molecule has 4 aromatic rings. The number of benzene rings is 2. The Kier molecular flexibility index (Phi) is 2.74. The van der Waals surface area contributed by atoms with Gasteiger partial charge in [0.2, 0.25) is 11.9 Å². The van der Waals surface area contributed by atoms with Gasteiger partial charge in [-0.2, -0.15) is 5.26 Å². The Bertz CT molecular complexity index is 1180. The van der Waals surface area contributed by atoms with Gasteiger partial charge in [0.25, 0.3) is 0 Å². The summed E-state index contributed by atoms with van der Waals surface area (Å²) in [5.41, 5.74) is 3.59. The predicted molar refractivity (Wildman–Crippen MR) is 93.9 cm³/mol. The third-order valence-electron chi connectivity index (χ3n) is 4.79. The van der Waals surface area contributed by atoms with E-state index in [2.05, 4.69) is 21.4 Å². The molecule has 2 aromatic carbocycles. The second-order valence-electron chi connectivity index (χ2n) is 6.12. The van der Waals surface area contributed by atoms with Crippen LogP contribution in [0, 0.1) is 17.2 Å². The molecule has 0 radical (unpaired) electrons. The Morgan fingerprint density at radius 2 is 1.92 bits per heavy atom. The van der Waals surface area contributed by atoms with E-state index in [0.29, 0.717) is 5.95 Å². The molecule has 0 fully saturated rings. The van der Waals surface area contributed by atoms with Crippen molar-refractivity contribution in [2.75, 3.05) is 5.32 Å². The molecular formula is C19H13N5O. The molecule has 120 valence electrons. The molecule has 2 atom stereocenters. The van der Waals surface area contributed by atoms with Crippen LogP contribution in [0.2, 0.25) is 0 Å². The average molecular weight is 327 g/mol. The maximum Gasteiger partial charge on any atom is 0.246 e. The highest BCUT2D eigenvalue weighted by atomic mass is 16.2. The summed E-state index contributed by atoms with van der Waals surface area (Å²) in [6.07, 6.45) is 1.89. The van der Waals surface area contributed by atoms with Gasteiger partial charge in [-0.3, -0.25) is 10.1 Å². The monoisotopic (exact) mass is 327 g/mol. The molecule has 0 aliphatic carbocycles. The third kappa shape index (κ3) is 1.83. The molecule has 0 spiro atoms. The number of para-hydroxylation sites is 3. The van der Waals surface area contributed by atoms with Crippen molar-refractivity contribution in [3.05, 3.63) is 60.3 Å². The number of H-pyrrole nitrogens is 1. The number of nitrogens with zero attached hydrogens (tertiary/aromatic N) is 3. The van der Waals surface area contributed by atoms with Crippen LogP contribution in [0.3, 0.4) is 0 Å². The lowest BCUT2D eigenvalue weighted by Gasteiger charge is -2.29. The number of aromatic nitrogens is 3. The van der Waals surface area contributed by atoms with Crippen molar-refractivity contribution in [2.24, 2.45) is 5.92 Å². The van der Waals surface area contributed by atoms with Crippen LogP contribution in [0.4, 0.5) is 5.95 Å². The fourth-order valence-corrected chi connectivity index (χ4v) is 3.68. The van der Waals surface area contributed by atoms with Crippen molar-refractivity contribution in [3.8, 4) is 6.07 Å². The van der Waals surface area contributed by atoms with Gasteiger partial charge in [0.05, 0.1) is 23.1 Å². The molecule has 2 N–H and O–H groups in total. The summed E-state index contributed by atoms with van der Waals surface area (Å²) in [7, 11) is 0. The van der Waals surface area contributed by atoms with Crippen LogP contribution in [-0.4, -0.2) is 20.4 Å². The van der Waals surface area contributed by atoms with Gasteiger partial charge < -0.3 is 9.55 Å². The van der Waals surface area contributed by atoms with Crippen LogP contribution in [0.1, 0.15) is 11.6 Å². The van der Waals surface area contributed by atoms with E-state index >= 15 is 0 Å². The van der Waals surface area contributed by atoms with Crippen molar-refractivity contribution < 1.29 is 4.79 Å². The first kappa shape index (κ1) is 13.8. The molecule has 6 nitrogen and oxygen atoms in total. The summed E-state index contributed by atoms with van der Waals surface area (Å²) in [4.78, 5) is 20.3. The smallest absolute Gasteiger partial charge is 0.246 e. The molecule has 1 amide bonds. The summed E-state index contributed by atoms with van der Waals surface area (Å²) in [6, 6.07) is 17.3. The number of rotatable bonds is 1. The minimum Gasteiger partial charge on any atom is -0.361 e. The van der Waals surface area contributed by atoms with Gasteiger partial charge in [0.1, 0.15) is 0 Å². The number of hydrogen-bond acceptors (Lipinski definition) is 3. The van der Waals surface area contributed by atoms with Crippen molar-refractivity contribution in [1.29, 1.82) is 5.26 Å². The maximum atomic E-state index is 12.5. The number of carbonyl (C=O) groups excluding carboxylic acids is 1. The summed E-state index contributed by atoms with van der Waals surface area (Å²) in [5.74, 6) is -0.669. The Hall–Kier alpha value is -3.59. The Labute approximate surface area is 142 Å². The van der Waals surface area contributed by atoms with Gasteiger partial charge in [-0.25, -0.2) is 4.98 Å². The molecule has 0 bridgehead atoms. The van der Waals surface area contributed by atoms with Crippen molar-refractivity contribution >= 4 is 33.8 Å². The third-order valence-corrected chi connectivity index (χ3v) is 4.79. The van der Waals surface area contributed by atoms with Crippen LogP contribution in [0.15, 0.2) is 54.7 Å². The number of imidazole rings is 1. The second kappa shape index (κ2) is 4.95. The molecule has 5 rings (SSSR count). The van der Waals surface area contributed by atoms with Gasteiger partial charge in [0.15, 0.2) is 5.92 Å². The minimum atomic E-state index is -0.829. The highest BCUT2D eigenvalue weighted by Gasteiger charge is 2.39. The Balaban J connectivity index is 1.85. The van der Waals surface area contributed by atoms with E-state index in [-0.39, 0.29) is 5.91 Å². The maximum absolute atomic E-state index is 12.5. The number of aromatic amines is 1. The van der Waals surface area contributed by atoms with E-state index in [1.165, 1.54) is 0 Å². The van der Waals surface area contributed by atoms with Gasteiger partial charge in [0, 0.05) is 22.7 Å². The fourth-order valence-electron chi connectivity index (χ4n) is 3.68. The number of anilines is 1. The van der Waals surface area contributed by atoms with Crippen LogP contribution in [0.5, 0.6) is 0 Å². The number of hydrogen-bond donors (Lipinski definition) is 2. The zero-order valence-electron chi connectivity index (χ0n) is 13.1. The van der Waals surface area contributed by atoms with Crippen molar-refractivity contribution in [1.82, 2.24) is 14.5 Å². The molecule has 1 aliphatic rings. The molecule has 3 heterocycles. The first-order valence-electron chi connectivity index (χ1n) is 8.01. The summed E-state index contributed by atoms with van der Waals surface area (Å²) in [5, 5.41) is 13.5. The number of amides is 1. The van der Waals surface area contributed by atoms with E-state index in [9.17, 15) is 10.1 Å². The average Bonchev–Trinajstić information content (AvgIpc) is 3.21. The highest BCUT2D eigenvalue weighted by molar-refractivity contribution is 5.98. The number of carbonyl (C=O) groups is 1. The molecule has 2 aromatic heterocycles. The zero-order valence-corrected chi connectivity index (χ0v) is 13.1. The number of fused-ring (bicyclic) bond motifs is 4. The first-order valence-corrected chi connectivity index (χ1v) is 8.01. The van der Waals surface area contributed by atoms with E-state index in [1.54, 1.807) is 0 Å². The lowest BCUT2D eigenvalue weighted by molar-refractivity contribution is -0.119. The van der Waals surface area contributed by atoms with Crippen LogP contribution < -0.4 is 5.32 Å². The van der Waals surface area contributed by atoms with Gasteiger partial charge >= 0.3 is 0 Å². The lowest BCUT2D eigenvalue weighted by Crippen LogP contribution is -2.37. The zero-order chi connectivity index (χ0) is 17.0. The van der Waals surface area contributed by atoms with Crippen LogP contribution in [0.25, 0.3) is 21.9 Å². The molecule has 0 saturated carbocycles. The highest BCUT2D eigenvalue weighted by Crippen LogP contribution is 2.40. The quantitative estimate of drug-likeness (QED) is 0.563. The SMILES string of the molecule is N#C[C@H]1C(=O)Nc2nc3ccccc3n2[C@@H]1c1c[nH]c2ccccc12. The fraction of sp³-hybridized carbons (Fsp3) is 0.105. The molecule has 0 unspecified atom stereocenters. The number of nitriles is 1.